The van der Waals surface area contributed by atoms with Crippen LogP contribution in [0.2, 0.25) is 0 Å². The molecular weight excluding hydrogens is 308 g/mol. The van der Waals surface area contributed by atoms with Gasteiger partial charge in [-0.2, -0.15) is 5.10 Å². The van der Waals surface area contributed by atoms with Gasteiger partial charge in [0.1, 0.15) is 0 Å². The second-order valence-corrected chi connectivity index (χ2v) is 5.93. The molecule has 0 bridgehead atoms. The number of carbonyl (C=O) groups is 1. The predicted octanol–water partition coefficient (Wildman–Crippen LogP) is 3.00. The Balaban J connectivity index is 1.39. The van der Waals surface area contributed by atoms with Crippen LogP contribution in [0.4, 0.5) is 0 Å². The van der Waals surface area contributed by atoms with Crippen molar-refractivity contribution >= 4 is 5.97 Å². The van der Waals surface area contributed by atoms with E-state index in [2.05, 4.69) is 20.4 Å². The van der Waals surface area contributed by atoms with Crippen LogP contribution in [0.25, 0.3) is 11.5 Å². The molecule has 0 radical (unpaired) electrons. The van der Waals surface area contributed by atoms with E-state index in [-0.39, 0.29) is 18.2 Å². The number of H-pyrrole nitrogens is 1. The topological polar surface area (TPSA) is 93.9 Å². The highest BCUT2D eigenvalue weighted by Gasteiger charge is 2.27. The van der Waals surface area contributed by atoms with Crippen molar-refractivity contribution in [1.82, 2.24) is 20.4 Å². The van der Waals surface area contributed by atoms with Crippen molar-refractivity contribution in [2.24, 2.45) is 0 Å². The lowest BCUT2D eigenvalue weighted by Gasteiger charge is -1.98. The van der Waals surface area contributed by atoms with E-state index in [1.165, 1.54) is 0 Å². The molecule has 0 unspecified atom stereocenters. The number of esters is 1. The fraction of sp³-hybridized carbons (Fsp3) is 0.294. The number of hydrogen-bond acceptors (Lipinski definition) is 6. The van der Waals surface area contributed by atoms with Gasteiger partial charge in [-0.3, -0.25) is 5.10 Å². The molecule has 2 aromatic heterocycles. The quantitative estimate of drug-likeness (QED) is 0.725. The molecule has 2 heterocycles. The van der Waals surface area contributed by atoms with Crippen LogP contribution in [-0.4, -0.2) is 26.4 Å². The average Bonchev–Trinajstić information content (AvgIpc) is 3.13. The zero-order valence-electron chi connectivity index (χ0n) is 13.2. The Morgan fingerprint density at radius 2 is 2.21 bits per heavy atom. The summed E-state index contributed by atoms with van der Waals surface area (Å²) in [6, 6.07) is 9.49. The Hall–Kier alpha value is -2.96. The molecule has 0 amide bonds. The standard InChI is InChI=1S/C17H16N4O3/c1-10-3-2-4-12(7-10)16-21-20-15(24-16)9-23-17(22)14-8-13(18-19-14)11-5-6-11/h2-4,7-8,11H,5-6,9H2,1H3,(H,18,19). The Bertz CT molecular complexity index is 879. The zero-order chi connectivity index (χ0) is 16.5. The number of ether oxygens (including phenoxy) is 1. The summed E-state index contributed by atoms with van der Waals surface area (Å²) in [5.74, 6) is 0.652. The SMILES string of the molecule is Cc1cccc(-c2nnc(COC(=O)c3cc(C4CC4)[nH]n3)o2)c1. The molecule has 7 heteroatoms. The first-order valence-electron chi connectivity index (χ1n) is 7.81. The first kappa shape index (κ1) is 14.6. The lowest BCUT2D eigenvalue weighted by atomic mass is 10.1. The van der Waals surface area contributed by atoms with E-state index < -0.39 is 5.97 Å². The molecular formula is C17H16N4O3. The number of nitrogens with zero attached hydrogens (tertiary/aromatic N) is 3. The normalized spacial score (nSPS) is 13.9. The van der Waals surface area contributed by atoms with Gasteiger partial charge in [0.25, 0.3) is 5.89 Å². The largest absolute Gasteiger partial charge is 0.451 e. The van der Waals surface area contributed by atoms with Gasteiger partial charge in [0.15, 0.2) is 12.3 Å². The Labute approximate surface area is 138 Å². The average molecular weight is 324 g/mol. The van der Waals surface area contributed by atoms with Gasteiger partial charge >= 0.3 is 5.97 Å². The van der Waals surface area contributed by atoms with Crippen LogP contribution < -0.4 is 0 Å². The maximum absolute atomic E-state index is 12.0. The molecule has 0 aliphatic heterocycles. The highest BCUT2D eigenvalue weighted by molar-refractivity contribution is 5.87. The van der Waals surface area contributed by atoms with Gasteiger partial charge in [0.05, 0.1) is 0 Å². The number of nitrogens with one attached hydrogen (secondary N) is 1. The first-order valence-corrected chi connectivity index (χ1v) is 7.81. The van der Waals surface area contributed by atoms with Gasteiger partial charge in [-0.15, -0.1) is 10.2 Å². The summed E-state index contributed by atoms with van der Waals surface area (Å²) in [6.07, 6.45) is 2.28. The minimum atomic E-state index is -0.506. The van der Waals surface area contributed by atoms with Crippen LogP contribution in [0.3, 0.4) is 0 Å². The Kier molecular flexibility index (Phi) is 3.60. The van der Waals surface area contributed by atoms with Crippen molar-refractivity contribution in [2.45, 2.75) is 32.3 Å². The molecule has 122 valence electrons. The third-order valence-electron chi connectivity index (χ3n) is 3.88. The van der Waals surface area contributed by atoms with Gasteiger partial charge in [0, 0.05) is 17.2 Å². The molecule has 0 spiro atoms. The van der Waals surface area contributed by atoms with Gasteiger partial charge in [-0.05, 0) is 38.0 Å². The van der Waals surface area contributed by atoms with Gasteiger partial charge in [-0.1, -0.05) is 17.7 Å². The fourth-order valence-corrected chi connectivity index (χ4v) is 2.45. The van der Waals surface area contributed by atoms with Crippen molar-refractivity contribution in [2.75, 3.05) is 0 Å². The van der Waals surface area contributed by atoms with E-state index >= 15 is 0 Å². The van der Waals surface area contributed by atoms with E-state index in [4.69, 9.17) is 9.15 Å². The number of aromatic nitrogens is 4. The summed E-state index contributed by atoms with van der Waals surface area (Å²) < 4.78 is 10.7. The summed E-state index contributed by atoms with van der Waals surface area (Å²) >= 11 is 0. The summed E-state index contributed by atoms with van der Waals surface area (Å²) in [6.45, 7) is 1.91. The molecule has 1 aliphatic carbocycles. The molecule has 1 aromatic carbocycles. The van der Waals surface area contributed by atoms with Crippen LogP contribution in [0, 0.1) is 6.92 Å². The third kappa shape index (κ3) is 3.05. The summed E-state index contributed by atoms with van der Waals surface area (Å²) in [5, 5.41) is 14.8. The monoisotopic (exact) mass is 324 g/mol. The predicted molar refractivity (Wildman–Crippen MR) is 84.2 cm³/mol. The lowest BCUT2D eigenvalue weighted by molar-refractivity contribution is 0.0431. The van der Waals surface area contributed by atoms with Crippen LogP contribution in [0.15, 0.2) is 34.7 Å². The molecule has 1 fully saturated rings. The van der Waals surface area contributed by atoms with Crippen molar-refractivity contribution < 1.29 is 13.9 Å². The molecule has 0 atom stereocenters. The molecule has 1 saturated carbocycles. The second kappa shape index (κ2) is 5.92. The molecule has 3 aromatic rings. The number of aromatic amines is 1. The summed E-state index contributed by atoms with van der Waals surface area (Å²) in [7, 11) is 0. The molecule has 0 saturated heterocycles. The van der Waals surface area contributed by atoms with Crippen molar-refractivity contribution in [1.29, 1.82) is 0 Å². The molecule has 1 aliphatic rings. The first-order chi connectivity index (χ1) is 11.7. The Morgan fingerprint density at radius 3 is 3.00 bits per heavy atom. The van der Waals surface area contributed by atoms with E-state index in [1.54, 1.807) is 6.07 Å². The number of hydrogen-bond donors (Lipinski definition) is 1. The second-order valence-electron chi connectivity index (χ2n) is 5.93. The number of carbonyl (C=O) groups excluding carboxylic acids is 1. The highest BCUT2D eigenvalue weighted by Crippen LogP contribution is 2.39. The smallest absolute Gasteiger partial charge is 0.359 e. The molecule has 24 heavy (non-hydrogen) atoms. The van der Waals surface area contributed by atoms with E-state index in [0.29, 0.717) is 11.8 Å². The minimum Gasteiger partial charge on any atom is -0.451 e. The van der Waals surface area contributed by atoms with Gasteiger partial charge < -0.3 is 9.15 Å². The Morgan fingerprint density at radius 1 is 1.33 bits per heavy atom. The van der Waals surface area contributed by atoms with Crippen LogP contribution in [-0.2, 0) is 11.3 Å². The van der Waals surface area contributed by atoms with E-state index in [0.717, 1.165) is 29.7 Å². The van der Waals surface area contributed by atoms with Gasteiger partial charge in [-0.25, -0.2) is 4.79 Å². The molecule has 4 rings (SSSR count). The van der Waals surface area contributed by atoms with E-state index in [1.807, 2.05) is 31.2 Å². The van der Waals surface area contributed by atoms with E-state index in [9.17, 15) is 4.79 Å². The number of rotatable bonds is 5. The van der Waals surface area contributed by atoms with Crippen molar-refractivity contribution in [3.63, 3.8) is 0 Å². The van der Waals surface area contributed by atoms with Crippen molar-refractivity contribution in [3.8, 4) is 11.5 Å². The van der Waals surface area contributed by atoms with Crippen LogP contribution in [0.1, 0.15) is 46.4 Å². The number of aryl methyl sites for hydroxylation is 1. The van der Waals surface area contributed by atoms with Crippen LogP contribution in [0.5, 0.6) is 0 Å². The van der Waals surface area contributed by atoms with Gasteiger partial charge in [0.2, 0.25) is 5.89 Å². The maximum atomic E-state index is 12.0. The lowest BCUT2D eigenvalue weighted by Crippen LogP contribution is -2.05. The minimum absolute atomic E-state index is 0.0801. The van der Waals surface area contributed by atoms with Crippen molar-refractivity contribution in [3.05, 3.63) is 53.2 Å². The number of benzene rings is 1. The fourth-order valence-electron chi connectivity index (χ4n) is 2.45. The molecule has 1 N–H and O–H groups in total. The highest BCUT2D eigenvalue weighted by atomic mass is 16.5. The third-order valence-corrected chi connectivity index (χ3v) is 3.88. The zero-order valence-corrected chi connectivity index (χ0v) is 13.2. The maximum Gasteiger partial charge on any atom is 0.359 e. The summed E-state index contributed by atoms with van der Waals surface area (Å²) in [5.41, 5.74) is 3.20. The molecule has 7 nitrogen and oxygen atoms in total. The summed E-state index contributed by atoms with van der Waals surface area (Å²) in [4.78, 5) is 12.0. The van der Waals surface area contributed by atoms with Crippen LogP contribution >= 0.6 is 0 Å².